The molecule has 36 heavy (non-hydrogen) atoms. The molecule has 1 atom stereocenters. The maximum atomic E-state index is 13.5. The van der Waals surface area contributed by atoms with Crippen molar-refractivity contribution in [3.05, 3.63) is 58.8 Å². The zero-order chi connectivity index (χ0) is 26.0. The molecule has 1 aromatic carbocycles. The van der Waals surface area contributed by atoms with E-state index in [1.165, 1.54) is 0 Å². The standard InChI is InChI=1S/C27H32N6O3/c1-18(2)20-8-6-7-9-22(20)33-23-16-29-13-11-21(23)24(30-25(33)34)31-14-15-32(19(17-31)10-12-28)26(35)36-27(3,4)5/h6-9,11,13,16,18-19H,10,14-15,17H2,1-5H3. The Hall–Kier alpha value is -3.93. The van der Waals surface area contributed by atoms with Crippen LogP contribution in [0, 0.1) is 11.3 Å². The van der Waals surface area contributed by atoms with Crippen molar-refractivity contribution < 1.29 is 9.53 Å². The van der Waals surface area contributed by atoms with Gasteiger partial charge >= 0.3 is 11.8 Å². The molecule has 3 aromatic rings. The third-order valence-corrected chi connectivity index (χ3v) is 6.21. The van der Waals surface area contributed by atoms with Crippen LogP contribution in [0.15, 0.2) is 47.5 Å². The first kappa shape index (κ1) is 25.2. The fourth-order valence-corrected chi connectivity index (χ4v) is 4.60. The number of fused-ring (bicyclic) bond motifs is 1. The second-order valence-electron chi connectivity index (χ2n) is 10.3. The number of nitriles is 1. The van der Waals surface area contributed by atoms with Gasteiger partial charge < -0.3 is 14.5 Å². The number of benzene rings is 1. The van der Waals surface area contributed by atoms with Crippen LogP contribution in [0.5, 0.6) is 0 Å². The minimum Gasteiger partial charge on any atom is -0.444 e. The van der Waals surface area contributed by atoms with Gasteiger partial charge in [-0.05, 0) is 44.4 Å². The molecule has 0 radical (unpaired) electrons. The van der Waals surface area contributed by atoms with Crippen molar-refractivity contribution in [2.75, 3.05) is 24.5 Å². The molecule has 0 bridgehead atoms. The number of piperazine rings is 1. The summed E-state index contributed by atoms with van der Waals surface area (Å²) in [6.07, 6.45) is 3.07. The van der Waals surface area contributed by atoms with E-state index in [-0.39, 0.29) is 18.4 Å². The first-order chi connectivity index (χ1) is 17.1. The quantitative estimate of drug-likeness (QED) is 0.541. The molecule has 9 heteroatoms. The van der Waals surface area contributed by atoms with Crippen LogP contribution in [0.4, 0.5) is 10.6 Å². The lowest BCUT2D eigenvalue weighted by atomic mass is 10.0. The highest BCUT2D eigenvalue weighted by atomic mass is 16.6. The molecular formula is C27H32N6O3. The van der Waals surface area contributed by atoms with Crippen molar-refractivity contribution in [1.82, 2.24) is 19.4 Å². The van der Waals surface area contributed by atoms with Gasteiger partial charge in [0, 0.05) is 31.2 Å². The fourth-order valence-electron chi connectivity index (χ4n) is 4.60. The summed E-state index contributed by atoms with van der Waals surface area (Å²) >= 11 is 0. The number of amides is 1. The maximum Gasteiger partial charge on any atom is 0.410 e. The Morgan fingerprint density at radius 1 is 1.22 bits per heavy atom. The normalized spacial score (nSPS) is 16.3. The number of ether oxygens (including phenoxy) is 1. The molecule has 4 rings (SSSR count). The van der Waals surface area contributed by atoms with Gasteiger partial charge in [0.25, 0.3) is 0 Å². The van der Waals surface area contributed by atoms with Crippen LogP contribution < -0.4 is 10.6 Å². The number of anilines is 1. The summed E-state index contributed by atoms with van der Waals surface area (Å²) in [5.74, 6) is 0.745. The van der Waals surface area contributed by atoms with Gasteiger partial charge in [0.2, 0.25) is 0 Å². The molecule has 0 aliphatic carbocycles. The average Bonchev–Trinajstić information content (AvgIpc) is 2.82. The SMILES string of the molecule is CC(C)c1ccccc1-n1c(=O)nc(N2CCN(C(=O)OC(C)(C)C)C(CC#N)C2)c2ccncc21. The van der Waals surface area contributed by atoms with Crippen LogP contribution in [-0.4, -0.2) is 56.8 Å². The molecule has 1 unspecified atom stereocenters. The lowest BCUT2D eigenvalue weighted by Gasteiger charge is -2.41. The molecule has 0 N–H and O–H groups in total. The topological polar surface area (TPSA) is 104 Å². The summed E-state index contributed by atoms with van der Waals surface area (Å²) in [4.78, 5) is 38.7. The second-order valence-corrected chi connectivity index (χ2v) is 10.3. The molecule has 0 spiro atoms. The van der Waals surface area contributed by atoms with E-state index in [1.807, 2.05) is 56.0 Å². The van der Waals surface area contributed by atoms with Crippen molar-refractivity contribution in [1.29, 1.82) is 5.26 Å². The molecule has 1 saturated heterocycles. The number of carbonyl (C=O) groups is 1. The number of pyridine rings is 1. The van der Waals surface area contributed by atoms with Gasteiger partial charge in [-0.1, -0.05) is 32.0 Å². The lowest BCUT2D eigenvalue weighted by Crippen LogP contribution is -2.56. The smallest absolute Gasteiger partial charge is 0.410 e. The molecule has 1 aliphatic rings. The number of nitrogens with zero attached hydrogens (tertiary/aromatic N) is 6. The van der Waals surface area contributed by atoms with Crippen molar-refractivity contribution >= 4 is 22.8 Å². The fraction of sp³-hybridized carbons (Fsp3) is 0.444. The van der Waals surface area contributed by atoms with Crippen LogP contribution in [-0.2, 0) is 4.74 Å². The second kappa shape index (κ2) is 9.97. The number of carbonyl (C=O) groups excluding carboxylic acids is 1. The van der Waals surface area contributed by atoms with E-state index in [4.69, 9.17) is 4.74 Å². The van der Waals surface area contributed by atoms with Gasteiger partial charge in [-0.3, -0.25) is 9.55 Å². The Morgan fingerprint density at radius 3 is 2.67 bits per heavy atom. The zero-order valence-corrected chi connectivity index (χ0v) is 21.4. The molecular weight excluding hydrogens is 456 g/mol. The Morgan fingerprint density at radius 2 is 1.97 bits per heavy atom. The predicted molar refractivity (Wildman–Crippen MR) is 138 cm³/mol. The van der Waals surface area contributed by atoms with E-state index >= 15 is 0 Å². The molecule has 1 aliphatic heterocycles. The average molecular weight is 489 g/mol. The van der Waals surface area contributed by atoms with E-state index < -0.39 is 17.4 Å². The van der Waals surface area contributed by atoms with Gasteiger partial charge in [0.15, 0.2) is 0 Å². The number of hydrogen-bond acceptors (Lipinski definition) is 7. The van der Waals surface area contributed by atoms with E-state index in [0.717, 1.165) is 16.6 Å². The highest BCUT2D eigenvalue weighted by Crippen LogP contribution is 2.29. The summed E-state index contributed by atoms with van der Waals surface area (Å²) in [6.45, 7) is 10.8. The summed E-state index contributed by atoms with van der Waals surface area (Å²) in [5.41, 5.74) is 1.45. The van der Waals surface area contributed by atoms with Gasteiger partial charge in [-0.2, -0.15) is 10.2 Å². The number of aromatic nitrogens is 3. The minimum absolute atomic E-state index is 0.147. The monoisotopic (exact) mass is 488 g/mol. The molecule has 3 heterocycles. The number of rotatable bonds is 4. The summed E-state index contributed by atoms with van der Waals surface area (Å²) in [7, 11) is 0. The van der Waals surface area contributed by atoms with Crippen LogP contribution in [0.2, 0.25) is 0 Å². The molecule has 9 nitrogen and oxygen atoms in total. The van der Waals surface area contributed by atoms with Gasteiger partial charge in [0.05, 0.1) is 35.9 Å². The highest BCUT2D eigenvalue weighted by Gasteiger charge is 2.34. The van der Waals surface area contributed by atoms with Crippen molar-refractivity contribution in [3.63, 3.8) is 0 Å². The van der Waals surface area contributed by atoms with Gasteiger partial charge in [-0.25, -0.2) is 9.59 Å². The summed E-state index contributed by atoms with van der Waals surface area (Å²) < 4.78 is 7.18. The summed E-state index contributed by atoms with van der Waals surface area (Å²) in [5, 5.41) is 10.2. The Kier molecular flexibility index (Phi) is 6.97. The highest BCUT2D eigenvalue weighted by molar-refractivity contribution is 5.90. The van der Waals surface area contributed by atoms with Crippen LogP contribution in [0.1, 0.15) is 52.5 Å². The van der Waals surface area contributed by atoms with Crippen molar-refractivity contribution in [3.8, 4) is 11.8 Å². The van der Waals surface area contributed by atoms with Crippen molar-refractivity contribution in [2.45, 2.75) is 58.6 Å². The van der Waals surface area contributed by atoms with E-state index in [9.17, 15) is 14.9 Å². The Labute approximate surface area is 210 Å². The predicted octanol–water partition coefficient (Wildman–Crippen LogP) is 4.24. The molecule has 0 saturated carbocycles. The first-order valence-corrected chi connectivity index (χ1v) is 12.2. The molecule has 188 valence electrons. The van der Waals surface area contributed by atoms with E-state index in [0.29, 0.717) is 31.0 Å². The van der Waals surface area contributed by atoms with Crippen LogP contribution in [0.3, 0.4) is 0 Å². The maximum absolute atomic E-state index is 13.5. The molecule has 1 fully saturated rings. The van der Waals surface area contributed by atoms with E-state index in [2.05, 4.69) is 29.9 Å². The molecule has 1 amide bonds. The molecule has 2 aromatic heterocycles. The number of para-hydroxylation sites is 1. The first-order valence-electron chi connectivity index (χ1n) is 12.2. The third-order valence-electron chi connectivity index (χ3n) is 6.21. The van der Waals surface area contributed by atoms with Gasteiger partial charge in [0.1, 0.15) is 11.4 Å². The largest absolute Gasteiger partial charge is 0.444 e. The third kappa shape index (κ3) is 5.03. The summed E-state index contributed by atoms with van der Waals surface area (Å²) in [6, 6.07) is 11.5. The van der Waals surface area contributed by atoms with E-state index in [1.54, 1.807) is 21.9 Å². The Bertz CT molecular complexity index is 1370. The lowest BCUT2D eigenvalue weighted by molar-refractivity contribution is 0.0145. The van der Waals surface area contributed by atoms with Crippen molar-refractivity contribution in [2.24, 2.45) is 0 Å². The van der Waals surface area contributed by atoms with Gasteiger partial charge in [-0.15, -0.1) is 0 Å². The number of hydrogen-bond donors (Lipinski definition) is 0. The van der Waals surface area contributed by atoms with Crippen LogP contribution >= 0.6 is 0 Å². The minimum atomic E-state index is -0.632. The Balaban J connectivity index is 1.76. The van der Waals surface area contributed by atoms with Crippen LogP contribution in [0.25, 0.3) is 16.6 Å². The zero-order valence-electron chi connectivity index (χ0n) is 21.4.